The smallest absolute Gasteiger partial charge is 0.274 e. The number of carbonyl (C=O) groups is 4. The Bertz CT molecular complexity index is 1660. The third-order valence-electron chi connectivity index (χ3n) is 8.53. The van der Waals surface area contributed by atoms with Crippen LogP contribution in [-0.2, 0) is 26.2 Å². The van der Waals surface area contributed by atoms with E-state index in [1.54, 1.807) is 13.0 Å². The van der Waals surface area contributed by atoms with Gasteiger partial charge in [0.15, 0.2) is 5.69 Å². The standard InChI is InChI=1S/C33H35FN6O5/c1-19(2)13-28(31(43)40-18-33(16-23(40)17-35)24-7-5-6-8-25(24)37-32(33)44)39(4)30(42)27(15-21-9-11-22(34)12-10-21)36-29(41)26-14-20(3)45-38-26/h5-12,14,19,23,27-28H,13,15-16,18H2,1-4H3,(H,36,41)(H,37,44)/t23-,27?,28-,33-/m0/s1. The Labute approximate surface area is 260 Å². The number of aryl methyl sites for hydroxylation is 1. The van der Waals surface area contributed by atoms with Gasteiger partial charge in [-0.25, -0.2) is 4.39 Å². The molecule has 11 nitrogen and oxygen atoms in total. The van der Waals surface area contributed by atoms with Crippen LogP contribution in [0.15, 0.2) is 59.1 Å². The third-order valence-corrected chi connectivity index (χ3v) is 8.53. The first-order chi connectivity index (χ1) is 21.4. The molecule has 2 N–H and O–H groups in total. The second-order valence-corrected chi connectivity index (χ2v) is 12.2. The van der Waals surface area contributed by atoms with Gasteiger partial charge in [0.2, 0.25) is 17.7 Å². The summed E-state index contributed by atoms with van der Waals surface area (Å²) < 4.78 is 18.6. The molecule has 234 valence electrons. The molecule has 12 heteroatoms. The third kappa shape index (κ3) is 6.16. The van der Waals surface area contributed by atoms with Crippen LogP contribution in [0.25, 0.3) is 0 Å². The fourth-order valence-corrected chi connectivity index (χ4v) is 6.21. The minimum atomic E-state index is -1.14. The second-order valence-electron chi connectivity index (χ2n) is 12.2. The molecule has 2 aromatic carbocycles. The Kier molecular flexibility index (Phi) is 8.73. The van der Waals surface area contributed by atoms with Crippen molar-refractivity contribution in [1.29, 1.82) is 5.26 Å². The number of aromatic nitrogens is 1. The fraction of sp³-hybridized carbons (Fsp3) is 0.394. The highest BCUT2D eigenvalue weighted by Gasteiger charge is 2.56. The molecule has 2 aliphatic heterocycles. The molecule has 1 aromatic heterocycles. The number of para-hydroxylation sites is 1. The fourth-order valence-electron chi connectivity index (χ4n) is 6.21. The number of nitriles is 1. The van der Waals surface area contributed by atoms with E-state index < -0.39 is 47.1 Å². The number of fused-ring (bicyclic) bond motifs is 2. The molecule has 1 spiro atoms. The Morgan fingerprint density at radius 2 is 1.93 bits per heavy atom. The first-order valence-corrected chi connectivity index (χ1v) is 14.8. The van der Waals surface area contributed by atoms with Gasteiger partial charge < -0.3 is 25.0 Å². The van der Waals surface area contributed by atoms with E-state index in [0.29, 0.717) is 17.0 Å². The summed E-state index contributed by atoms with van der Waals surface area (Å²) in [6, 6.07) is 13.4. The van der Waals surface area contributed by atoms with E-state index in [9.17, 15) is 28.8 Å². The van der Waals surface area contributed by atoms with Gasteiger partial charge in [0.1, 0.15) is 29.7 Å². The van der Waals surface area contributed by atoms with Crippen LogP contribution in [0.5, 0.6) is 0 Å². The molecular weight excluding hydrogens is 579 g/mol. The van der Waals surface area contributed by atoms with Crippen molar-refractivity contribution in [2.24, 2.45) is 5.92 Å². The predicted molar refractivity (Wildman–Crippen MR) is 161 cm³/mol. The molecule has 1 unspecified atom stereocenters. The molecule has 0 radical (unpaired) electrons. The van der Waals surface area contributed by atoms with Crippen molar-refractivity contribution in [3.05, 3.63) is 83.0 Å². The molecule has 2 aliphatic rings. The van der Waals surface area contributed by atoms with Crippen molar-refractivity contribution in [3.63, 3.8) is 0 Å². The van der Waals surface area contributed by atoms with Gasteiger partial charge in [0.05, 0.1) is 11.5 Å². The van der Waals surface area contributed by atoms with Gasteiger partial charge >= 0.3 is 0 Å². The molecule has 1 fully saturated rings. The summed E-state index contributed by atoms with van der Waals surface area (Å²) in [5.74, 6) is -1.99. The van der Waals surface area contributed by atoms with Crippen molar-refractivity contribution < 1.29 is 28.1 Å². The second kappa shape index (κ2) is 12.5. The monoisotopic (exact) mass is 614 g/mol. The number of hydrogen-bond acceptors (Lipinski definition) is 7. The van der Waals surface area contributed by atoms with Crippen LogP contribution in [-0.4, -0.2) is 70.3 Å². The molecule has 3 aromatic rings. The molecule has 45 heavy (non-hydrogen) atoms. The van der Waals surface area contributed by atoms with Gasteiger partial charge in [-0.1, -0.05) is 49.3 Å². The lowest BCUT2D eigenvalue weighted by molar-refractivity contribution is -0.146. The molecule has 0 saturated carbocycles. The summed E-state index contributed by atoms with van der Waals surface area (Å²) in [4.78, 5) is 57.5. The lowest BCUT2D eigenvalue weighted by Gasteiger charge is -2.35. The first kappa shape index (κ1) is 31.4. The quantitative estimate of drug-likeness (QED) is 0.376. The minimum Gasteiger partial charge on any atom is -0.361 e. The van der Waals surface area contributed by atoms with E-state index in [-0.39, 0.29) is 43.3 Å². The molecule has 4 amide bonds. The first-order valence-electron chi connectivity index (χ1n) is 14.8. The maximum Gasteiger partial charge on any atom is 0.274 e. The largest absolute Gasteiger partial charge is 0.361 e. The maximum atomic E-state index is 14.3. The van der Waals surface area contributed by atoms with E-state index >= 15 is 0 Å². The van der Waals surface area contributed by atoms with E-state index in [4.69, 9.17) is 4.52 Å². The topological polar surface area (TPSA) is 149 Å². The van der Waals surface area contributed by atoms with Crippen molar-refractivity contribution in [3.8, 4) is 6.07 Å². The van der Waals surface area contributed by atoms with Crippen molar-refractivity contribution >= 4 is 29.3 Å². The Hall–Kier alpha value is -5.05. The highest BCUT2D eigenvalue weighted by Crippen LogP contribution is 2.46. The minimum absolute atomic E-state index is 0.00914. The van der Waals surface area contributed by atoms with Gasteiger partial charge in [0, 0.05) is 38.2 Å². The van der Waals surface area contributed by atoms with E-state index in [0.717, 1.165) is 5.56 Å². The number of likely N-dealkylation sites (tertiary alicyclic amines) is 1. The zero-order chi connectivity index (χ0) is 32.5. The number of halogens is 1. The highest BCUT2D eigenvalue weighted by atomic mass is 19.1. The summed E-state index contributed by atoms with van der Waals surface area (Å²) in [5.41, 5.74) is 0.883. The van der Waals surface area contributed by atoms with Crippen LogP contribution >= 0.6 is 0 Å². The number of amides is 4. The molecule has 0 bridgehead atoms. The van der Waals surface area contributed by atoms with Crippen molar-refractivity contribution in [2.45, 2.75) is 63.6 Å². The molecular formula is C33H35FN6O5. The van der Waals surface area contributed by atoms with Crippen LogP contribution in [0.1, 0.15) is 54.1 Å². The SMILES string of the molecule is Cc1cc(C(=O)NC(Cc2ccc(F)cc2)C(=O)N(C)[C@@H](CC(C)C)C(=O)N2C[C@]3(C[C@H]2C#N)C(=O)Nc2ccccc23)no1. The van der Waals surface area contributed by atoms with Gasteiger partial charge in [-0.2, -0.15) is 5.26 Å². The van der Waals surface area contributed by atoms with Crippen LogP contribution < -0.4 is 10.6 Å². The van der Waals surface area contributed by atoms with Crippen LogP contribution in [0.4, 0.5) is 10.1 Å². The lowest BCUT2D eigenvalue weighted by Crippen LogP contribution is -2.56. The molecule has 0 aliphatic carbocycles. The number of carbonyl (C=O) groups excluding carboxylic acids is 4. The van der Waals surface area contributed by atoms with E-state index in [2.05, 4.69) is 21.9 Å². The van der Waals surface area contributed by atoms with E-state index in [1.165, 1.54) is 47.2 Å². The predicted octanol–water partition coefficient (Wildman–Crippen LogP) is 3.35. The summed E-state index contributed by atoms with van der Waals surface area (Å²) in [6.45, 7) is 5.45. The molecule has 1 saturated heterocycles. The summed E-state index contributed by atoms with van der Waals surface area (Å²) in [7, 11) is 1.49. The molecule has 5 rings (SSSR count). The summed E-state index contributed by atoms with van der Waals surface area (Å²) >= 11 is 0. The lowest BCUT2D eigenvalue weighted by atomic mass is 9.80. The summed E-state index contributed by atoms with van der Waals surface area (Å²) in [5, 5.41) is 19.4. The zero-order valence-electron chi connectivity index (χ0n) is 25.5. The zero-order valence-corrected chi connectivity index (χ0v) is 25.5. The number of nitrogens with zero attached hydrogens (tertiary/aromatic N) is 4. The van der Waals surface area contributed by atoms with Crippen LogP contribution in [0.3, 0.4) is 0 Å². The van der Waals surface area contributed by atoms with Gasteiger partial charge in [-0.15, -0.1) is 0 Å². The average Bonchev–Trinajstić information content (AvgIpc) is 3.71. The molecule has 4 atom stereocenters. The summed E-state index contributed by atoms with van der Waals surface area (Å²) in [6.07, 6.45) is 0.412. The number of likely N-dealkylation sites (N-methyl/N-ethyl adjacent to an activating group) is 1. The Morgan fingerprint density at radius 3 is 2.58 bits per heavy atom. The van der Waals surface area contributed by atoms with Gasteiger partial charge in [-0.05, 0) is 48.6 Å². The number of nitrogens with one attached hydrogen (secondary N) is 2. The normalized spacial score (nSPS) is 20.0. The number of benzene rings is 2. The number of hydrogen-bond donors (Lipinski definition) is 2. The Balaban J connectivity index is 1.44. The van der Waals surface area contributed by atoms with Crippen molar-refractivity contribution in [1.82, 2.24) is 20.3 Å². The average molecular weight is 615 g/mol. The van der Waals surface area contributed by atoms with Crippen molar-refractivity contribution in [2.75, 3.05) is 18.9 Å². The van der Waals surface area contributed by atoms with Crippen LogP contribution in [0.2, 0.25) is 0 Å². The van der Waals surface area contributed by atoms with E-state index in [1.807, 2.05) is 32.0 Å². The maximum absolute atomic E-state index is 14.3. The number of anilines is 1. The van der Waals surface area contributed by atoms with Gasteiger partial charge in [0.25, 0.3) is 5.91 Å². The molecule has 3 heterocycles. The van der Waals surface area contributed by atoms with Crippen LogP contribution in [0, 0.1) is 30.0 Å². The van der Waals surface area contributed by atoms with Gasteiger partial charge in [-0.3, -0.25) is 19.2 Å². The Morgan fingerprint density at radius 1 is 1.22 bits per heavy atom. The number of rotatable bonds is 9. The highest BCUT2D eigenvalue weighted by molar-refractivity contribution is 6.07.